The van der Waals surface area contributed by atoms with E-state index in [1.165, 1.54) is 200 Å². The SMILES string of the molecule is c1ccc2c(-c3nc4c5ccccc5c5ccccc5c4n3-c3ccc(-c4cccc5c4sc4ccccc45)cc3)cccc2c1.c1ccc2c(c1)sc1ccc(-c3nc4c5ccccc5c5ccccc5c4n3-c3ccc(-c4cccc5c4sc4ccccc45)cc3)cc12.c1ccc2cc(-c3nc4c5ccccc5c5ccccc5c4n3-c3ccc(-c4cccc5c4sc4ccccc45)cc3)ccc2c1. The number of thiophene rings is 4. The van der Waals surface area contributed by atoms with E-state index in [-0.39, 0.29) is 0 Å². The third kappa shape index (κ3) is 13.0. The summed E-state index contributed by atoms with van der Waals surface area (Å²) >= 11 is 7.48. The molecule has 0 amide bonds. The van der Waals surface area contributed by atoms with E-state index >= 15 is 0 Å². The van der Waals surface area contributed by atoms with Gasteiger partial charge < -0.3 is 0 Å². The Labute approximate surface area is 825 Å². The monoisotopic (exact) mass is 1860 g/mol. The quantitative estimate of drug-likeness (QED) is 0.135. The van der Waals surface area contributed by atoms with Crippen molar-refractivity contribution >= 4 is 245 Å². The van der Waals surface area contributed by atoms with Gasteiger partial charge in [-0.1, -0.05) is 388 Å². The maximum Gasteiger partial charge on any atom is 0.146 e. The summed E-state index contributed by atoms with van der Waals surface area (Å²) in [6.45, 7) is 0. The average Bonchev–Trinajstić information content (AvgIpc) is 1.58. The number of imidazole rings is 3. The summed E-state index contributed by atoms with van der Waals surface area (Å²) in [6, 6.07) is 172. The van der Waals surface area contributed by atoms with Crippen LogP contribution in [0, 0.1) is 0 Å². The summed E-state index contributed by atoms with van der Waals surface area (Å²) in [5.41, 5.74) is 20.6. The number of hydrogen-bond acceptors (Lipinski definition) is 7. The maximum atomic E-state index is 5.52. The molecule has 6 nitrogen and oxygen atoms in total. The van der Waals surface area contributed by atoms with E-state index in [4.69, 9.17) is 15.0 Å². The maximum absolute atomic E-state index is 5.52. The second-order valence-corrected chi connectivity index (χ2v) is 40.8. The smallest absolute Gasteiger partial charge is 0.146 e. The summed E-state index contributed by atoms with van der Waals surface area (Å²) < 4.78 is 17.7. The van der Waals surface area contributed by atoms with E-state index in [2.05, 4.69) is 487 Å². The molecule has 0 radical (unpaired) electrons. The highest BCUT2D eigenvalue weighted by Gasteiger charge is 2.28. The lowest BCUT2D eigenvalue weighted by molar-refractivity contribution is 1.11. The van der Waals surface area contributed by atoms with Gasteiger partial charge in [-0.3, -0.25) is 13.7 Å². The molecule has 0 atom stereocenters. The Morgan fingerprint density at radius 1 is 0.149 bits per heavy atom. The van der Waals surface area contributed by atoms with E-state index < -0.39 is 0 Å². The molecule has 10 heteroatoms. The van der Waals surface area contributed by atoms with Crippen LogP contribution in [0.15, 0.2) is 473 Å². The van der Waals surface area contributed by atoms with Gasteiger partial charge in [-0.05, 0) is 172 Å². The second-order valence-electron chi connectivity index (χ2n) is 36.6. The summed E-state index contributed by atoms with van der Waals surface area (Å²) in [6.07, 6.45) is 0. The van der Waals surface area contributed by atoms with E-state index in [0.29, 0.717) is 0 Å². The Balaban J connectivity index is 0.000000101. The van der Waals surface area contributed by atoms with E-state index in [0.717, 1.165) is 84.3 Å². The third-order valence-corrected chi connectivity index (χ3v) is 33.6. The van der Waals surface area contributed by atoms with Gasteiger partial charge in [-0.25, -0.2) is 15.0 Å². The zero-order valence-electron chi connectivity index (χ0n) is 75.8. The first-order chi connectivity index (χ1) is 69.9. The van der Waals surface area contributed by atoms with E-state index in [9.17, 15) is 0 Å². The third-order valence-electron chi connectivity index (χ3n) is 28.8. The topological polar surface area (TPSA) is 53.5 Å². The molecular weight excluding hydrogens is 1790 g/mol. The van der Waals surface area contributed by atoms with Crippen LogP contribution in [0.2, 0.25) is 0 Å². The van der Waals surface area contributed by atoms with Crippen LogP contribution < -0.4 is 0 Å². The fraction of sp³-hybridized carbons (Fsp3) is 0. The number of benzene rings is 24. The van der Waals surface area contributed by atoms with Crippen molar-refractivity contribution in [3.8, 4) is 84.6 Å². The van der Waals surface area contributed by atoms with Crippen LogP contribution in [0.5, 0.6) is 0 Å². The number of aromatic nitrogens is 6. The predicted molar refractivity (Wildman–Crippen MR) is 607 cm³/mol. The Hall–Kier alpha value is -17.4. The summed E-state index contributed by atoms with van der Waals surface area (Å²) in [7, 11) is 0. The molecule has 7 aromatic heterocycles. The van der Waals surface area contributed by atoms with E-state index in [1.54, 1.807) is 0 Å². The minimum atomic E-state index is 0.946. The molecular formula is C131H78N6S4. The van der Waals surface area contributed by atoms with Crippen molar-refractivity contribution in [3.05, 3.63) is 473 Å². The molecule has 141 heavy (non-hydrogen) atoms. The predicted octanol–water partition coefficient (Wildman–Crippen LogP) is 37.8. The molecule has 0 bridgehead atoms. The van der Waals surface area contributed by atoms with Crippen molar-refractivity contribution in [3.63, 3.8) is 0 Å². The highest BCUT2D eigenvalue weighted by molar-refractivity contribution is 7.27. The molecule has 31 rings (SSSR count). The first-order valence-corrected chi connectivity index (χ1v) is 51.1. The first kappa shape index (κ1) is 80.9. The molecule has 0 spiro atoms. The minimum absolute atomic E-state index is 0.946. The lowest BCUT2D eigenvalue weighted by atomic mass is 9.99. The van der Waals surface area contributed by atoms with Crippen molar-refractivity contribution in [2.45, 2.75) is 0 Å². The fourth-order valence-electron chi connectivity index (χ4n) is 22.3. The highest BCUT2D eigenvalue weighted by Crippen LogP contribution is 2.50. The van der Waals surface area contributed by atoms with Crippen LogP contribution in [0.3, 0.4) is 0 Å². The number of fused-ring (bicyclic) bond motifs is 32. The van der Waals surface area contributed by atoms with Crippen LogP contribution >= 0.6 is 45.3 Å². The van der Waals surface area contributed by atoms with Crippen LogP contribution in [-0.2, 0) is 0 Å². The van der Waals surface area contributed by atoms with Crippen LogP contribution in [0.1, 0.15) is 0 Å². The lowest BCUT2D eigenvalue weighted by Gasteiger charge is -2.14. The van der Waals surface area contributed by atoms with Crippen molar-refractivity contribution in [1.82, 2.24) is 28.7 Å². The van der Waals surface area contributed by atoms with Gasteiger partial charge in [-0.2, -0.15) is 0 Å². The summed E-state index contributed by atoms with van der Waals surface area (Å²) in [5.74, 6) is 2.85. The van der Waals surface area contributed by atoms with Gasteiger partial charge >= 0.3 is 0 Å². The van der Waals surface area contributed by atoms with Crippen LogP contribution in [0.4, 0.5) is 0 Å². The molecule has 24 aromatic carbocycles. The lowest BCUT2D eigenvalue weighted by Crippen LogP contribution is -1.99. The van der Waals surface area contributed by atoms with Gasteiger partial charge in [0.15, 0.2) is 0 Å². The molecule has 0 saturated heterocycles. The van der Waals surface area contributed by atoms with Crippen molar-refractivity contribution in [2.24, 2.45) is 0 Å². The Morgan fingerprint density at radius 2 is 0.411 bits per heavy atom. The second kappa shape index (κ2) is 32.7. The van der Waals surface area contributed by atoms with Gasteiger partial charge in [0.25, 0.3) is 0 Å². The molecule has 0 fully saturated rings. The normalized spacial score (nSPS) is 12.0. The van der Waals surface area contributed by atoms with Gasteiger partial charge in [0, 0.05) is 147 Å². The Morgan fingerprint density at radius 3 is 0.823 bits per heavy atom. The zero-order chi connectivity index (χ0) is 92.4. The molecule has 0 aliphatic rings. The van der Waals surface area contributed by atoms with E-state index in [1.807, 2.05) is 45.3 Å². The Bertz CT molecular complexity index is 10600. The highest BCUT2D eigenvalue weighted by atomic mass is 32.1. The number of hydrogen-bond donors (Lipinski definition) is 0. The molecule has 0 N–H and O–H groups in total. The first-order valence-electron chi connectivity index (χ1n) is 47.8. The molecule has 0 aliphatic carbocycles. The standard InChI is InChI=1S/C45H26N2S2.2C43H26N2S/c1-3-14-35-31(10-1)32-11-2-4-15-36(32)43-42(35)46-45(28-22-25-41-38(26-28)34-13-6-7-18-39(34)48-41)47(43)29-23-20-27(21-24-29)30-16-9-17-37-33-12-5-8-19-40(33)49-44(30)37;1-2-13-30-27(11-1)12-9-21-38(30)43-44-40-35-17-5-3-14-32(35)33-15-4-6-18-36(33)41(40)45(43)29-25-23-28(24-26-29)31-19-10-20-37-34-16-7-8-22-39(34)46-42(31)37;1-2-11-29-26-30(21-20-27(29)10-1)43-44-40-36-15-5-3-12-33(36)34-13-4-6-16-37(34)41(40)45(43)31-24-22-28(23-25-31)32-17-9-18-38-35-14-7-8-19-39(35)46-42(32)38/h1-26H;2*1-26H. The molecule has 656 valence electrons. The van der Waals surface area contributed by atoms with Crippen molar-refractivity contribution in [2.75, 3.05) is 0 Å². The summed E-state index contributed by atoms with van der Waals surface area (Å²) in [5, 5.41) is 29.9. The van der Waals surface area contributed by atoms with Crippen molar-refractivity contribution < 1.29 is 0 Å². The summed E-state index contributed by atoms with van der Waals surface area (Å²) in [4.78, 5) is 16.5. The minimum Gasteiger partial charge on any atom is -0.292 e. The number of rotatable bonds is 9. The largest absolute Gasteiger partial charge is 0.292 e. The Kier molecular flexibility index (Phi) is 18.7. The van der Waals surface area contributed by atoms with Gasteiger partial charge in [0.1, 0.15) is 17.5 Å². The van der Waals surface area contributed by atoms with Gasteiger partial charge in [0.05, 0.1) is 33.1 Å². The number of nitrogens with zero attached hydrogens (tertiary/aromatic N) is 6. The van der Waals surface area contributed by atoms with Crippen LogP contribution in [0.25, 0.3) is 285 Å². The molecule has 0 unspecified atom stereocenters. The fourth-order valence-corrected chi connectivity index (χ4v) is 27.1. The molecule has 0 saturated carbocycles. The zero-order valence-corrected chi connectivity index (χ0v) is 79.1. The average molecular weight is 1860 g/mol. The van der Waals surface area contributed by atoms with Gasteiger partial charge in [0.2, 0.25) is 0 Å². The molecule has 31 aromatic rings. The van der Waals surface area contributed by atoms with Crippen molar-refractivity contribution in [1.29, 1.82) is 0 Å². The molecule has 0 aliphatic heterocycles. The molecule has 7 heterocycles. The van der Waals surface area contributed by atoms with Crippen LogP contribution in [-0.4, -0.2) is 28.7 Å². The van der Waals surface area contributed by atoms with Gasteiger partial charge in [-0.15, -0.1) is 45.3 Å².